The number of aromatic nitrogens is 2. The largest absolute Gasteiger partial charge is 1.00 e. The van der Waals surface area contributed by atoms with Crippen LogP contribution in [0.1, 0.15) is 51.7 Å². The molecule has 0 aliphatic carbocycles. The number of hydrogen-bond donors (Lipinski definition) is 0. The van der Waals surface area contributed by atoms with Crippen LogP contribution in [-0.2, 0) is 34.7 Å². The van der Waals surface area contributed by atoms with Crippen LogP contribution in [0.4, 0.5) is 4.79 Å². The first-order chi connectivity index (χ1) is 23.8. The summed E-state index contributed by atoms with van der Waals surface area (Å²) in [5, 5.41) is 4.28. The molecule has 52 heavy (non-hydrogen) atoms. The van der Waals surface area contributed by atoms with Gasteiger partial charge in [0, 0.05) is 37.7 Å². The Hall–Kier alpha value is -2.73. The van der Waals surface area contributed by atoms with Gasteiger partial charge in [0.15, 0.2) is 0 Å². The molecule has 0 spiro atoms. The number of methoxy groups -OCH3 is 5. The smallest absolute Gasteiger partial charge is 0.658 e. The summed E-state index contributed by atoms with van der Waals surface area (Å²) in [4.78, 5) is 28.5. The number of rotatable bonds is 9. The third kappa shape index (κ3) is 29.8. The Morgan fingerprint density at radius 3 is 1.42 bits per heavy atom. The molecule has 0 radical (unpaired) electrons. The van der Waals surface area contributed by atoms with E-state index in [0.717, 1.165) is 18.8 Å². The number of esters is 1. The van der Waals surface area contributed by atoms with Crippen LogP contribution in [-0.4, -0.2) is 139 Å². The number of carbonyl (C=O) groups is 2. The van der Waals surface area contributed by atoms with E-state index < -0.39 is 13.7 Å². The van der Waals surface area contributed by atoms with Gasteiger partial charge in [-0.2, -0.15) is 0 Å². The summed E-state index contributed by atoms with van der Waals surface area (Å²) in [6.45, 7) is 12.4. The standard InChI is InChI=1S/C9H11NO3.C7H9NO.C6H18N3OP.C6H14N.C4H8O.C3H6O3.Li/c1-12-8-5-7(3-4-10-8)6-9(11)13-2;1-6-3-4-8-7(5-6)9-2;1-7(2)11(10,8(3)4)9(5)6;1-5(2)7-6(3)4;1-2-4-5-3-1;1-5-3(4)6-2;/h3-5H,6H2,1-2H3;3-5H,1-2H3;1-6H3;5-6H,1-4H3;1-4H2;1-2H3;/q;;;-1;;;+1. The van der Waals surface area contributed by atoms with E-state index in [-0.39, 0.29) is 31.3 Å². The Balaban J connectivity index is -0.000000272. The number of aryl methyl sites for hydroxylation is 1. The second-order valence-electron chi connectivity index (χ2n) is 11.7. The van der Waals surface area contributed by atoms with Crippen molar-refractivity contribution < 1.29 is 61.4 Å². The van der Waals surface area contributed by atoms with Gasteiger partial charge in [-0.15, -0.1) is 12.1 Å². The Morgan fingerprint density at radius 1 is 0.769 bits per heavy atom. The van der Waals surface area contributed by atoms with Gasteiger partial charge in [0.2, 0.25) is 11.8 Å². The summed E-state index contributed by atoms with van der Waals surface area (Å²) in [6, 6.07) is 8.28. The average molecular weight is 753 g/mol. The predicted octanol–water partition coefficient (Wildman–Crippen LogP) is 3.36. The van der Waals surface area contributed by atoms with Crippen molar-refractivity contribution in [3.63, 3.8) is 0 Å². The van der Waals surface area contributed by atoms with Crippen LogP contribution in [0.2, 0.25) is 0 Å². The maximum atomic E-state index is 12.1. The molecular weight excluding hydrogens is 686 g/mol. The fourth-order valence-electron chi connectivity index (χ4n) is 3.79. The molecule has 1 aliphatic rings. The summed E-state index contributed by atoms with van der Waals surface area (Å²) in [5.41, 5.74) is 2.00. The van der Waals surface area contributed by atoms with Crippen molar-refractivity contribution >= 4 is 19.7 Å². The second kappa shape index (κ2) is 34.1. The zero-order chi connectivity index (χ0) is 40.0. The molecule has 3 rings (SSSR count). The summed E-state index contributed by atoms with van der Waals surface area (Å²) >= 11 is 0. The SMILES string of the molecule is C1CCOC1.CC(C)[N-]C(C)C.CN(C)P(=O)(N(C)C)N(C)C.COC(=O)Cc1ccnc(OC)c1.COC(=O)OC.COc1cc(C)ccn1.[Li+]. The third-order valence-corrected chi connectivity index (χ3v) is 9.13. The van der Waals surface area contributed by atoms with Crippen molar-refractivity contribution in [3.05, 3.63) is 53.1 Å². The van der Waals surface area contributed by atoms with Gasteiger partial charge in [0.05, 0.1) is 42.0 Å². The van der Waals surface area contributed by atoms with Gasteiger partial charge in [-0.1, -0.05) is 27.7 Å². The molecule has 0 saturated carbocycles. The quantitative estimate of drug-likeness (QED) is 0.209. The molecule has 0 unspecified atom stereocenters. The number of pyridine rings is 2. The molecule has 0 atom stereocenters. The molecule has 1 saturated heterocycles. The van der Waals surface area contributed by atoms with Crippen molar-refractivity contribution in [2.45, 2.75) is 66.0 Å². The molecule has 0 bridgehead atoms. The van der Waals surface area contributed by atoms with E-state index in [9.17, 15) is 14.2 Å². The van der Waals surface area contributed by atoms with Crippen LogP contribution in [0.15, 0.2) is 36.7 Å². The van der Waals surface area contributed by atoms with E-state index >= 15 is 0 Å². The van der Waals surface area contributed by atoms with Gasteiger partial charge in [-0.05, 0) is 85.3 Å². The van der Waals surface area contributed by atoms with E-state index in [0.29, 0.717) is 23.8 Å². The Labute approximate surface area is 326 Å². The van der Waals surface area contributed by atoms with E-state index in [1.165, 1.54) is 46.8 Å². The molecule has 0 N–H and O–H groups in total. The summed E-state index contributed by atoms with van der Waals surface area (Å²) in [7, 11) is 15.5. The predicted molar refractivity (Wildman–Crippen MR) is 204 cm³/mol. The molecule has 0 amide bonds. The van der Waals surface area contributed by atoms with Crippen LogP contribution < -0.4 is 28.3 Å². The van der Waals surface area contributed by atoms with Gasteiger partial charge in [-0.3, -0.25) is 9.36 Å². The number of hydrogen-bond acceptors (Lipinski definition) is 11. The van der Waals surface area contributed by atoms with Gasteiger partial charge in [0.25, 0.3) is 7.59 Å². The van der Waals surface area contributed by atoms with Crippen LogP contribution in [0, 0.1) is 6.92 Å². The number of ether oxygens (including phenoxy) is 6. The van der Waals surface area contributed by atoms with Crippen molar-refractivity contribution in [3.8, 4) is 11.8 Å². The molecule has 15 nitrogen and oxygen atoms in total. The van der Waals surface area contributed by atoms with Crippen LogP contribution in [0.3, 0.4) is 0 Å². The Bertz CT molecular complexity index is 1170. The van der Waals surface area contributed by atoms with Crippen LogP contribution >= 0.6 is 7.59 Å². The average Bonchev–Trinajstić information content (AvgIpc) is 3.68. The van der Waals surface area contributed by atoms with Gasteiger partial charge < -0.3 is 33.7 Å². The topological polar surface area (TPSA) is 156 Å². The molecule has 1 aliphatic heterocycles. The van der Waals surface area contributed by atoms with Gasteiger partial charge in [0.1, 0.15) is 0 Å². The van der Waals surface area contributed by atoms with E-state index in [4.69, 9.17) is 14.2 Å². The fraction of sp³-hybridized carbons (Fsp3) is 0.657. The molecule has 296 valence electrons. The van der Waals surface area contributed by atoms with E-state index in [2.05, 4.69) is 57.2 Å². The molecular formula is C35H66LiN6O9P. The molecule has 17 heteroatoms. The molecule has 0 aromatic carbocycles. The van der Waals surface area contributed by atoms with Gasteiger partial charge in [-0.25, -0.2) is 28.8 Å². The van der Waals surface area contributed by atoms with Crippen molar-refractivity contribution in [2.24, 2.45) is 0 Å². The molecule has 1 fully saturated rings. The first kappa shape index (κ1) is 56.0. The Morgan fingerprint density at radius 2 is 1.19 bits per heavy atom. The van der Waals surface area contributed by atoms with E-state index in [1.54, 1.807) is 45.6 Å². The summed E-state index contributed by atoms with van der Waals surface area (Å²) in [6.07, 6.45) is 5.47. The minimum atomic E-state index is -2.44. The minimum Gasteiger partial charge on any atom is -0.658 e. The zero-order valence-corrected chi connectivity index (χ0v) is 35.9. The Kier molecular flexibility index (Phi) is 36.7. The first-order valence-corrected chi connectivity index (χ1v) is 18.0. The summed E-state index contributed by atoms with van der Waals surface area (Å²) < 4.78 is 44.7. The zero-order valence-electron chi connectivity index (χ0n) is 35.0. The van der Waals surface area contributed by atoms with Crippen molar-refractivity contribution in [1.82, 2.24) is 24.0 Å². The van der Waals surface area contributed by atoms with Crippen molar-refractivity contribution in [2.75, 3.05) is 91.0 Å². The first-order valence-electron chi connectivity index (χ1n) is 16.4. The maximum Gasteiger partial charge on any atom is 1.00 e. The monoisotopic (exact) mass is 752 g/mol. The second-order valence-corrected chi connectivity index (χ2v) is 15.1. The molecule has 2 aromatic heterocycles. The van der Waals surface area contributed by atoms with Crippen LogP contribution in [0.5, 0.6) is 11.8 Å². The molecule has 2 aromatic rings. The number of nitrogens with zero attached hydrogens (tertiary/aromatic N) is 6. The molecule has 3 heterocycles. The third-order valence-electron chi connectivity index (χ3n) is 6.00. The van der Waals surface area contributed by atoms with E-state index in [1.807, 2.05) is 61.3 Å². The normalized spacial score (nSPS) is 11.4. The van der Waals surface area contributed by atoms with Gasteiger partial charge >= 0.3 is 31.0 Å². The fourth-order valence-corrected chi connectivity index (χ4v) is 5.94. The summed E-state index contributed by atoms with van der Waals surface area (Å²) in [5.74, 6) is 0.907. The van der Waals surface area contributed by atoms with Crippen molar-refractivity contribution in [1.29, 1.82) is 0 Å². The van der Waals surface area contributed by atoms with Crippen LogP contribution in [0.25, 0.3) is 5.32 Å². The minimum absolute atomic E-state index is 0. The maximum absolute atomic E-state index is 12.1. The number of carbonyl (C=O) groups excluding carboxylic acids is 2.